The molecule has 3 aromatic heterocycles. The van der Waals surface area contributed by atoms with Gasteiger partial charge in [-0.05, 0) is 85.3 Å². The standard InChI is InChI=1S/C30H34N6O2/c1-6-30(4,5)36-28(32-33-34-36)27(25-17-23-16-20(2)15-21(3)26(23)31-29(25)37)35(19-24-13-10-14-38-24)18-22-11-8-7-9-12-22/h7-17,27H,6,18-19H2,1-5H3,(H,31,37)/t27-/m0/s1. The number of aryl methyl sites for hydroxylation is 2. The Balaban J connectivity index is 1.75. The second-order valence-corrected chi connectivity index (χ2v) is 10.6. The van der Waals surface area contributed by atoms with Gasteiger partial charge in [-0.3, -0.25) is 9.69 Å². The maximum atomic E-state index is 13.8. The molecule has 0 aliphatic heterocycles. The normalized spacial score (nSPS) is 12.9. The van der Waals surface area contributed by atoms with Crippen LogP contribution in [0, 0.1) is 13.8 Å². The summed E-state index contributed by atoms with van der Waals surface area (Å²) in [6, 6.07) is 19.7. The Morgan fingerprint density at radius 2 is 1.84 bits per heavy atom. The number of furan rings is 1. The third-order valence-corrected chi connectivity index (χ3v) is 7.33. The third-order valence-electron chi connectivity index (χ3n) is 7.33. The van der Waals surface area contributed by atoms with E-state index in [1.165, 1.54) is 0 Å². The van der Waals surface area contributed by atoms with Crippen LogP contribution < -0.4 is 5.56 Å². The van der Waals surface area contributed by atoms with E-state index in [9.17, 15) is 4.79 Å². The largest absolute Gasteiger partial charge is 0.468 e. The lowest BCUT2D eigenvalue weighted by Crippen LogP contribution is -2.38. The van der Waals surface area contributed by atoms with Gasteiger partial charge < -0.3 is 9.40 Å². The highest BCUT2D eigenvalue weighted by molar-refractivity contribution is 5.83. The molecule has 0 bridgehead atoms. The number of tetrazole rings is 1. The van der Waals surface area contributed by atoms with E-state index in [-0.39, 0.29) is 11.1 Å². The fourth-order valence-corrected chi connectivity index (χ4v) is 5.01. The van der Waals surface area contributed by atoms with Crippen molar-refractivity contribution in [2.24, 2.45) is 0 Å². The minimum atomic E-state index is -0.532. The molecule has 8 heteroatoms. The van der Waals surface area contributed by atoms with Gasteiger partial charge >= 0.3 is 0 Å². The van der Waals surface area contributed by atoms with E-state index in [1.54, 1.807) is 6.26 Å². The first kappa shape index (κ1) is 25.6. The zero-order valence-electron chi connectivity index (χ0n) is 22.6. The maximum Gasteiger partial charge on any atom is 0.253 e. The van der Waals surface area contributed by atoms with Gasteiger partial charge in [-0.1, -0.05) is 48.9 Å². The van der Waals surface area contributed by atoms with Crippen LogP contribution in [-0.4, -0.2) is 30.1 Å². The van der Waals surface area contributed by atoms with Crippen molar-refractivity contribution in [3.8, 4) is 0 Å². The lowest BCUT2D eigenvalue weighted by atomic mass is 9.98. The van der Waals surface area contributed by atoms with Gasteiger partial charge in [-0.15, -0.1) is 5.10 Å². The van der Waals surface area contributed by atoms with Gasteiger partial charge in [0.1, 0.15) is 11.8 Å². The van der Waals surface area contributed by atoms with E-state index in [2.05, 4.69) is 77.4 Å². The molecule has 5 rings (SSSR count). The molecule has 2 aromatic carbocycles. The summed E-state index contributed by atoms with van der Waals surface area (Å²) in [5.41, 5.74) is 4.21. The Kier molecular flexibility index (Phi) is 6.99. The number of aromatic amines is 1. The first-order valence-electron chi connectivity index (χ1n) is 13.0. The van der Waals surface area contributed by atoms with Crippen molar-refractivity contribution >= 4 is 10.9 Å². The summed E-state index contributed by atoms with van der Waals surface area (Å²) in [5.74, 6) is 1.41. The predicted octanol–water partition coefficient (Wildman–Crippen LogP) is 5.66. The zero-order valence-corrected chi connectivity index (χ0v) is 22.6. The van der Waals surface area contributed by atoms with Gasteiger partial charge in [0, 0.05) is 12.1 Å². The number of rotatable bonds is 9. The van der Waals surface area contributed by atoms with Gasteiger partial charge in [-0.25, -0.2) is 4.68 Å². The van der Waals surface area contributed by atoms with Gasteiger partial charge in [0.2, 0.25) is 0 Å². The van der Waals surface area contributed by atoms with E-state index in [4.69, 9.17) is 4.42 Å². The second-order valence-electron chi connectivity index (χ2n) is 10.6. The van der Waals surface area contributed by atoms with Crippen LogP contribution in [0.4, 0.5) is 0 Å². The fourth-order valence-electron chi connectivity index (χ4n) is 5.01. The summed E-state index contributed by atoms with van der Waals surface area (Å²) in [4.78, 5) is 19.2. The molecule has 0 saturated heterocycles. The Hall–Kier alpha value is -4.04. The van der Waals surface area contributed by atoms with Crippen molar-refractivity contribution in [3.05, 3.63) is 111 Å². The molecular weight excluding hydrogens is 476 g/mol. The molecule has 0 aliphatic rings. The van der Waals surface area contributed by atoms with Crippen molar-refractivity contribution in [3.63, 3.8) is 0 Å². The van der Waals surface area contributed by atoms with Crippen molar-refractivity contribution in [2.45, 2.75) is 65.7 Å². The van der Waals surface area contributed by atoms with Crippen LogP contribution in [0.3, 0.4) is 0 Å². The third kappa shape index (κ3) is 5.04. The SMILES string of the molecule is CCC(C)(C)n1nnnc1[C@H](c1cc2cc(C)cc(C)c2[nH]c1=O)N(Cc1ccccc1)Cc1ccco1. The summed E-state index contributed by atoms with van der Waals surface area (Å²) < 4.78 is 7.63. The van der Waals surface area contributed by atoms with Crippen LogP contribution in [0.15, 0.2) is 76.1 Å². The molecule has 1 atom stereocenters. The highest BCUT2D eigenvalue weighted by atomic mass is 16.3. The first-order chi connectivity index (χ1) is 18.3. The Morgan fingerprint density at radius 3 is 2.55 bits per heavy atom. The van der Waals surface area contributed by atoms with E-state index in [1.807, 2.05) is 48.0 Å². The average Bonchev–Trinajstić information content (AvgIpc) is 3.59. The molecule has 0 amide bonds. The smallest absolute Gasteiger partial charge is 0.253 e. The molecule has 8 nitrogen and oxygen atoms in total. The molecule has 0 spiro atoms. The number of H-pyrrole nitrogens is 1. The second kappa shape index (κ2) is 10.4. The van der Waals surface area contributed by atoms with Gasteiger partial charge in [0.15, 0.2) is 5.82 Å². The molecule has 0 aliphatic carbocycles. The quantitative estimate of drug-likeness (QED) is 0.275. The van der Waals surface area contributed by atoms with Crippen LogP contribution in [0.25, 0.3) is 10.9 Å². The predicted molar refractivity (Wildman–Crippen MR) is 148 cm³/mol. The number of aromatic nitrogens is 5. The molecule has 0 fully saturated rings. The molecule has 1 N–H and O–H groups in total. The number of fused-ring (bicyclic) bond motifs is 1. The summed E-state index contributed by atoms with van der Waals surface area (Å²) in [7, 11) is 0. The first-order valence-corrected chi connectivity index (χ1v) is 13.0. The topological polar surface area (TPSA) is 92.8 Å². The fraction of sp³-hybridized carbons (Fsp3) is 0.333. The van der Waals surface area contributed by atoms with Gasteiger partial charge in [0.05, 0.1) is 23.9 Å². The number of benzene rings is 2. The van der Waals surface area contributed by atoms with Crippen LogP contribution in [0.5, 0.6) is 0 Å². The van der Waals surface area contributed by atoms with Gasteiger partial charge in [0.25, 0.3) is 5.56 Å². The van der Waals surface area contributed by atoms with Crippen LogP contribution in [-0.2, 0) is 18.6 Å². The number of hydrogen-bond donors (Lipinski definition) is 1. The van der Waals surface area contributed by atoms with Crippen LogP contribution >= 0.6 is 0 Å². The summed E-state index contributed by atoms with van der Waals surface area (Å²) in [5, 5.41) is 14.0. The molecule has 5 aromatic rings. The van der Waals surface area contributed by atoms with Gasteiger partial charge in [-0.2, -0.15) is 0 Å². The number of pyridine rings is 1. The summed E-state index contributed by atoms with van der Waals surface area (Å²) in [6.45, 7) is 11.4. The minimum absolute atomic E-state index is 0.157. The highest BCUT2D eigenvalue weighted by Gasteiger charge is 2.35. The Bertz CT molecular complexity index is 1580. The monoisotopic (exact) mass is 510 g/mol. The Morgan fingerprint density at radius 1 is 1.05 bits per heavy atom. The van der Waals surface area contributed by atoms with Crippen LogP contribution in [0.2, 0.25) is 0 Å². The van der Waals surface area contributed by atoms with Crippen LogP contribution in [0.1, 0.15) is 67.1 Å². The molecule has 0 radical (unpaired) electrons. The van der Waals surface area contributed by atoms with E-state index >= 15 is 0 Å². The van der Waals surface area contributed by atoms with Crippen molar-refractivity contribution in [1.82, 2.24) is 30.1 Å². The molecule has 196 valence electrons. The summed E-state index contributed by atoms with van der Waals surface area (Å²) >= 11 is 0. The lowest BCUT2D eigenvalue weighted by Gasteiger charge is -2.33. The zero-order chi connectivity index (χ0) is 26.9. The van der Waals surface area contributed by atoms with Crippen molar-refractivity contribution in [1.29, 1.82) is 0 Å². The molecule has 3 heterocycles. The van der Waals surface area contributed by atoms with Crippen molar-refractivity contribution < 1.29 is 4.42 Å². The molecule has 38 heavy (non-hydrogen) atoms. The number of hydrogen-bond acceptors (Lipinski definition) is 6. The molecule has 0 unspecified atom stereocenters. The highest BCUT2D eigenvalue weighted by Crippen LogP contribution is 2.33. The number of nitrogens with zero attached hydrogens (tertiary/aromatic N) is 5. The minimum Gasteiger partial charge on any atom is -0.468 e. The average molecular weight is 511 g/mol. The molecular formula is C30H34N6O2. The number of nitrogens with one attached hydrogen (secondary N) is 1. The lowest BCUT2D eigenvalue weighted by molar-refractivity contribution is 0.168. The van der Waals surface area contributed by atoms with E-state index in [0.29, 0.717) is 24.5 Å². The molecule has 0 saturated carbocycles. The maximum absolute atomic E-state index is 13.8. The van der Waals surface area contributed by atoms with E-state index in [0.717, 1.165) is 39.8 Å². The van der Waals surface area contributed by atoms with Crippen molar-refractivity contribution in [2.75, 3.05) is 0 Å². The summed E-state index contributed by atoms with van der Waals surface area (Å²) in [6.07, 6.45) is 2.49. The van der Waals surface area contributed by atoms with E-state index < -0.39 is 6.04 Å². The Labute approximate surface area is 222 Å².